The van der Waals surface area contributed by atoms with Gasteiger partial charge in [0.25, 0.3) is 0 Å². The van der Waals surface area contributed by atoms with Crippen LogP contribution in [0.25, 0.3) is 11.0 Å². The molecule has 3 amide bonds. The Morgan fingerprint density at radius 1 is 1.21 bits per heavy atom. The topological polar surface area (TPSA) is 129 Å². The van der Waals surface area contributed by atoms with Crippen LogP contribution >= 0.6 is 0 Å². The molecule has 2 aromatic rings. The first-order valence-corrected chi connectivity index (χ1v) is 11.3. The highest BCUT2D eigenvalue weighted by molar-refractivity contribution is 5.97. The molecule has 3 N–H and O–H groups in total. The van der Waals surface area contributed by atoms with Crippen molar-refractivity contribution in [1.82, 2.24) is 30.5 Å². The fourth-order valence-corrected chi connectivity index (χ4v) is 5.22. The zero-order valence-corrected chi connectivity index (χ0v) is 19.0. The first-order chi connectivity index (χ1) is 15.9. The van der Waals surface area contributed by atoms with Crippen LogP contribution in [-0.4, -0.2) is 68.5 Å². The lowest BCUT2D eigenvalue weighted by Crippen LogP contribution is -2.51. The van der Waals surface area contributed by atoms with Gasteiger partial charge in [-0.05, 0) is 31.4 Å². The van der Waals surface area contributed by atoms with Crippen LogP contribution in [0.4, 0.5) is 0 Å². The summed E-state index contributed by atoms with van der Waals surface area (Å²) in [5.41, 5.74) is 1.49. The number of aromatic nitrogens is 3. The average molecular weight is 455 g/mol. The van der Waals surface area contributed by atoms with E-state index in [0.29, 0.717) is 11.9 Å². The maximum absolute atomic E-state index is 13.5. The van der Waals surface area contributed by atoms with Gasteiger partial charge in [0.1, 0.15) is 18.2 Å². The van der Waals surface area contributed by atoms with Gasteiger partial charge in [-0.15, -0.1) is 5.10 Å². The molecule has 1 saturated heterocycles. The number of amides is 3. The van der Waals surface area contributed by atoms with E-state index in [1.54, 1.807) is 18.7 Å². The van der Waals surface area contributed by atoms with E-state index in [1.165, 1.54) is 4.90 Å². The standard InChI is InChI=1S/C23H30N6O4/c1-4-14-9-10-15-19(18(14)21(31)24-3)23(33)29(13(2)11-30)20(15)22(32)25-12-28-17-8-6-5-7-16(17)26-27-28/h5-10,13-15,18-20,30H,4,11-12H2,1-3H3,(H,24,31)(H,25,32)/t13-,14-,15+,18-,19+,20+/m1/s1. The van der Waals surface area contributed by atoms with Crippen LogP contribution in [0.5, 0.6) is 0 Å². The van der Waals surface area contributed by atoms with Crippen LogP contribution in [0.2, 0.25) is 0 Å². The lowest BCUT2D eigenvalue weighted by Gasteiger charge is -2.33. The molecule has 10 heteroatoms. The van der Waals surface area contributed by atoms with Crippen LogP contribution in [0, 0.1) is 23.7 Å². The summed E-state index contributed by atoms with van der Waals surface area (Å²) < 4.78 is 1.58. The number of nitrogens with zero attached hydrogens (tertiary/aromatic N) is 4. The summed E-state index contributed by atoms with van der Waals surface area (Å²) in [6.45, 7) is 3.49. The Balaban J connectivity index is 1.63. The zero-order chi connectivity index (χ0) is 23.7. The molecule has 1 aliphatic heterocycles. The van der Waals surface area contributed by atoms with E-state index >= 15 is 0 Å². The van der Waals surface area contributed by atoms with Crippen LogP contribution < -0.4 is 10.6 Å². The molecule has 4 rings (SSSR count). The van der Waals surface area contributed by atoms with Crippen molar-refractivity contribution in [3.63, 3.8) is 0 Å². The summed E-state index contributed by atoms with van der Waals surface area (Å²) in [6.07, 6.45) is 4.55. The quantitative estimate of drug-likeness (QED) is 0.516. The van der Waals surface area contributed by atoms with Gasteiger partial charge >= 0.3 is 0 Å². The Kier molecular flexibility index (Phi) is 6.46. The molecule has 1 fully saturated rings. The number of fused-ring (bicyclic) bond motifs is 2. The molecule has 2 heterocycles. The minimum atomic E-state index is -0.833. The molecule has 1 aliphatic carbocycles. The minimum Gasteiger partial charge on any atom is -0.394 e. The second-order valence-electron chi connectivity index (χ2n) is 8.70. The predicted octanol–water partition coefficient (Wildman–Crippen LogP) is 0.287. The second kappa shape index (κ2) is 9.30. The van der Waals surface area contributed by atoms with Gasteiger partial charge in [-0.3, -0.25) is 14.4 Å². The summed E-state index contributed by atoms with van der Waals surface area (Å²) in [4.78, 5) is 41.2. The number of hydrogen-bond donors (Lipinski definition) is 3. The number of allylic oxidation sites excluding steroid dienone is 1. The van der Waals surface area contributed by atoms with Crippen LogP contribution in [-0.2, 0) is 21.1 Å². The molecule has 176 valence electrons. The van der Waals surface area contributed by atoms with E-state index in [-0.39, 0.29) is 36.9 Å². The van der Waals surface area contributed by atoms with Gasteiger partial charge in [-0.1, -0.05) is 36.4 Å². The van der Waals surface area contributed by atoms with Crippen molar-refractivity contribution < 1.29 is 19.5 Å². The number of benzene rings is 1. The molecule has 2 aliphatic rings. The van der Waals surface area contributed by atoms with E-state index in [9.17, 15) is 19.5 Å². The lowest BCUT2D eigenvalue weighted by molar-refractivity contribution is -0.143. The summed E-state index contributed by atoms with van der Waals surface area (Å²) in [5.74, 6) is -2.62. The Morgan fingerprint density at radius 3 is 2.67 bits per heavy atom. The van der Waals surface area contributed by atoms with Gasteiger partial charge in [-0.25, -0.2) is 4.68 Å². The highest BCUT2D eigenvalue weighted by Crippen LogP contribution is 2.45. The number of aliphatic hydroxyl groups is 1. The van der Waals surface area contributed by atoms with E-state index in [1.807, 2.05) is 43.3 Å². The van der Waals surface area contributed by atoms with Crippen molar-refractivity contribution >= 4 is 28.8 Å². The third-order valence-electron chi connectivity index (χ3n) is 6.90. The largest absolute Gasteiger partial charge is 0.394 e. The van der Waals surface area contributed by atoms with Crippen molar-refractivity contribution in [3.8, 4) is 0 Å². The Bertz CT molecular complexity index is 1080. The van der Waals surface area contributed by atoms with E-state index < -0.39 is 29.8 Å². The molecule has 1 aromatic heterocycles. The van der Waals surface area contributed by atoms with Gasteiger partial charge < -0.3 is 20.6 Å². The van der Waals surface area contributed by atoms with Gasteiger partial charge in [0.05, 0.1) is 30.0 Å². The van der Waals surface area contributed by atoms with Gasteiger partial charge in [0, 0.05) is 13.0 Å². The van der Waals surface area contributed by atoms with E-state index in [0.717, 1.165) is 5.52 Å². The first-order valence-electron chi connectivity index (χ1n) is 11.3. The third-order valence-corrected chi connectivity index (χ3v) is 6.90. The Morgan fingerprint density at radius 2 is 1.97 bits per heavy atom. The second-order valence-corrected chi connectivity index (χ2v) is 8.70. The molecule has 0 unspecified atom stereocenters. The monoisotopic (exact) mass is 454 g/mol. The summed E-state index contributed by atoms with van der Waals surface area (Å²) in [7, 11) is 1.56. The van der Waals surface area contributed by atoms with Crippen molar-refractivity contribution in [1.29, 1.82) is 0 Å². The predicted molar refractivity (Wildman–Crippen MR) is 120 cm³/mol. The molecule has 1 aromatic carbocycles. The molecule has 0 saturated carbocycles. The number of hydrogen-bond acceptors (Lipinski definition) is 6. The fraction of sp³-hybridized carbons (Fsp3) is 0.522. The van der Waals surface area contributed by atoms with E-state index in [4.69, 9.17) is 0 Å². The number of nitrogens with one attached hydrogen (secondary N) is 2. The summed E-state index contributed by atoms with van der Waals surface area (Å²) in [5, 5.41) is 23.6. The van der Waals surface area contributed by atoms with Crippen molar-refractivity contribution in [2.75, 3.05) is 13.7 Å². The summed E-state index contributed by atoms with van der Waals surface area (Å²) in [6, 6.07) is 6.02. The number of rotatable bonds is 7. The molecule has 10 nitrogen and oxygen atoms in total. The number of carbonyl (C=O) groups is 3. The third kappa shape index (κ3) is 3.88. The Hall–Kier alpha value is -3.27. The molecule has 0 spiro atoms. The molecule has 0 bridgehead atoms. The first kappa shape index (κ1) is 22.9. The van der Waals surface area contributed by atoms with Crippen molar-refractivity contribution in [3.05, 3.63) is 36.4 Å². The molecule has 33 heavy (non-hydrogen) atoms. The van der Waals surface area contributed by atoms with Crippen LogP contribution in [0.15, 0.2) is 36.4 Å². The Labute approximate surface area is 192 Å². The molecular formula is C23H30N6O4. The fourth-order valence-electron chi connectivity index (χ4n) is 5.22. The molecule has 0 radical (unpaired) electrons. The van der Waals surface area contributed by atoms with Crippen LogP contribution in [0.1, 0.15) is 20.3 Å². The smallest absolute Gasteiger partial charge is 0.244 e. The maximum Gasteiger partial charge on any atom is 0.244 e. The number of para-hydroxylation sites is 1. The lowest BCUT2D eigenvalue weighted by atomic mass is 9.69. The van der Waals surface area contributed by atoms with Crippen LogP contribution in [0.3, 0.4) is 0 Å². The summed E-state index contributed by atoms with van der Waals surface area (Å²) >= 11 is 0. The number of carbonyl (C=O) groups excluding carboxylic acids is 3. The maximum atomic E-state index is 13.5. The zero-order valence-electron chi connectivity index (χ0n) is 19.0. The molecule has 6 atom stereocenters. The number of likely N-dealkylation sites (tertiary alicyclic amines) is 1. The van der Waals surface area contributed by atoms with Crippen molar-refractivity contribution in [2.24, 2.45) is 23.7 Å². The average Bonchev–Trinajstić information content (AvgIpc) is 3.39. The van der Waals surface area contributed by atoms with Gasteiger partial charge in [0.2, 0.25) is 17.7 Å². The van der Waals surface area contributed by atoms with E-state index in [2.05, 4.69) is 20.9 Å². The highest BCUT2D eigenvalue weighted by Gasteiger charge is 2.57. The SMILES string of the molecule is CC[C@@H]1C=C[C@H]2[C@H](C(=O)N([C@H](C)CO)[C@@H]2C(=O)NCn2nnc3ccccc32)[C@@H]1C(=O)NC. The van der Waals surface area contributed by atoms with Gasteiger partial charge in [-0.2, -0.15) is 0 Å². The highest BCUT2D eigenvalue weighted by atomic mass is 16.3. The minimum absolute atomic E-state index is 0.0863. The number of aliphatic hydroxyl groups excluding tert-OH is 1. The normalized spacial score (nSPS) is 27.5. The molecular weight excluding hydrogens is 424 g/mol. The van der Waals surface area contributed by atoms with Crippen molar-refractivity contribution in [2.45, 2.75) is 39.0 Å². The van der Waals surface area contributed by atoms with Gasteiger partial charge in [0.15, 0.2) is 0 Å².